The van der Waals surface area contributed by atoms with Crippen molar-refractivity contribution in [1.82, 2.24) is 15.4 Å². The summed E-state index contributed by atoms with van der Waals surface area (Å²) in [6.45, 7) is 0. The van der Waals surface area contributed by atoms with E-state index in [-0.39, 0.29) is 5.82 Å². The van der Waals surface area contributed by atoms with Crippen molar-refractivity contribution in [2.45, 2.75) is 24.7 Å². The second kappa shape index (κ2) is 4.77. The van der Waals surface area contributed by atoms with Crippen molar-refractivity contribution in [3.63, 3.8) is 0 Å². The standard InChI is InChI=1S/C8H12N4O5/c13-4-5(14)7(12-16)17-6(4)10-3-1-2-9-8(15)11-3/h1-2,4-7,12-14,16H,(H2,9,10,11,15)/t4-,5-,6?,7-/m0/s1. The van der Waals surface area contributed by atoms with Gasteiger partial charge in [-0.05, 0) is 6.07 Å². The Bertz CT molecular complexity index is 438. The highest BCUT2D eigenvalue weighted by atomic mass is 16.6. The second-order valence-electron chi connectivity index (χ2n) is 3.51. The lowest BCUT2D eigenvalue weighted by molar-refractivity contribution is -0.0743. The first-order valence-corrected chi connectivity index (χ1v) is 4.85. The van der Waals surface area contributed by atoms with Crippen LogP contribution < -0.4 is 16.5 Å². The van der Waals surface area contributed by atoms with Crippen molar-refractivity contribution in [3.8, 4) is 0 Å². The second-order valence-corrected chi connectivity index (χ2v) is 3.51. The van der Waals surface area contributed by atoms with Gasteiger partial charge in [0.1, 0.15) is 18.0 Å². The van der Waals surface area contributed by atoms with Crippen LogP contribution >= 0.6 is 0 Å². The van der Waals surface area contributed by atoms with Gasteiger partial charge < -0.3 is 30.5 Å². The molecule has 1 aliphatic heterocycles. The molecule has 17 heavy (non-hydrogen) atoms. The van der Waals surface area contributed by atoms with Crippen molar-refractivity contribution in [3.05, 3.63) is 22.7 Å². The third-order valence-electron chi connectivity index (χ3n) is 2.35. The van der Waals surface area contributed by atoms with Crippen LogP contribution in [0.25, 0.3) is 0 Å². The average Bonchev–Trinajstić information content (AvgIpc) is 2.57. The monoisotopic (exact) mass is 244 g/mol. The van der Waals surface area contributed by atoms with Crippen LogP contribution in [0, 0.1) is 0 Å². The largest absolute Gasteiger partial charge is 0.386 e. The van der Waals surface area contributed by atoms with E-state index in [0.717, 1.165) is 0 Å². The molecule has 1 saturated heterocycles. The number of nitrogens with one attached hydrogen (secondary N) is 3. The number of rotatable bonds is 3. The number of hydroxylamine groups is 1. The maximum atomic E-state index is 10.9. The lowest BCUT2D eigenvalue weighted by Crippen LogP contribution is -2.39. The SMILES string of the molecule is O=c1nc(NC2O[C@H](NO)[C@@H](O)[C@@H]2O)cc[nH]1. The number of hydrogen-bond acceptors (Lipinski definition) is 8. The fourth-order valence-electron chi connectivity index (χ4n) is 1.50. The minimum Gasteiger partial charge on any atom is -0.386 e. The lowest BCUT2D eigenvalue weighted by Gasteiger charge is -2.16. The Morgan fingerprint density at radius 1 is 1.35 bits per heavy atom. The molecule has 9 heteroatoms. The molecule has 0 radical (unpaired) electrons. The molecule has 6 N–H and O–H groups in total. The molecule has 2 heterocycles. The fraction of sp³-hybridized carbons (Fsp3) is 0.500. The molecule has 0 spiro atoms. The molecule has 9 nitrogen and oxygen atoms in total. The Kier molecular flexibility index (Phi) is 3.36. The summed E-state index contributed by atoms with van der Waals surface area (Å²) < 4.78 is 5.05. The van der Waals surface area contributed by atoms with E-state index in [4.69, 9.17) is 9.94 Å². The number of aliphatic hydroxyl groups is 2. The number of aromatic amines is 1. The van der Waals surface area contributed by atoms with E-state index in [1.165, 1.54) is 12.3 Å². The molecule has 4 atom stereocenters. The molecule has 1 fully saturated rings. The van der Waals surface area contributed by atoms with Crippen LogP contribution in [0.2, 0.25) is 0 Å². The minimum atomic E-state index is -1.29. The Labute approximate surface area is 95.0 Å². The number of ether oxygens (including phenoxy) is 1. The molecular weight excluding hydrogens is 232 g/mol. The van der Waals surface area contributed by atoms with Crippen LogP contribution in [0.5, 0.6) is 0 Å². The highest BCUT2D eigenvalue weighted by Gasteiger charge is 2.42. The molecule has 94 valence electrons. The summed E-state index contributed by atoms with van der Waals surface area (Å²) in [7, 11) is 0. The number of nitrogens with zero attached hydrogens (tertiary/aromatic N) is 1. The summed E-state index contributed by atoms with van der Waals surface area (Å²) in [6, 6.07) is 1.46. The topological polar surface area (TPSA) is 140 Å². The van der Waals surface area contributed by atoms with E-state index < -0.39 is 30.4 Å². The molecule has 0 bridgehead atoms. The van der Waals surface area contributed by atoms with Crippen molar-refractivity contribution < 1.29 is 20.2 Å². The van der Waals surface area contributed by atoms with E-state index >= 15 is 0 Å². The molecule has 1 unspecified atom stereocenters. The van der Waals surface area contributed by atoms with Gasteiger partial charge in [-0.2, -0.15) is 10.5 Å². The molecule has 1 aromatic rings. The number of anilines is 1. The van der Waals surface area contributed by atoms with Crippen LogP contribution in [0.3, 0.4) is 0 Å². The Hall–Kier alpha value is -1.52. The number of hydrogen-bond donors (Lipinski definition) is 6. The zero-order valence-corrected chi connectivity index (χ0v) is 8.57. The normalized spacial score (nSPS) is 32.6. The van der Waals surface area contributed by atoms with Gasteiger partial charge in [-0.25, -0.2) is 4.79 Å². The lowest BCUT2D eigenvalue weighted by atomic mass is 10.2. The van der Waals surface area contributed by atoms with Crippen molar-refractivity contribution in [1.29, 1.82) is 0 Å². The van der Waals surface area contributed by atoms with Crippen molar-refractivity contribution in [2.24, 2.45) is 0 Å². The first kappa shape index (κ1) is 12.0. The van der Waals surface area contributed by atoms with Gasteiger partial charge in [-0.1, -0.05) is 0 Å². The number of H-pyrrole nitrogens is 1. The summed E-state index contributed by atoms with van der Waals surface area (Å²) in [6.07, 6.45) is -3.27. The smallest absolute Gasteiger partial charge is 0.346 e. The van der Waals surface area contributed by atoms with E-state index in [2.05, 4.69) is 15.3 Å². The summed E-state index contributed by atoms with van der Waals surface area (Å²) in [4.78, 5) is 16.8. The van der Waals surface area contributed by atoms with Gasteiger partial charge in [0.15, 0.2) is 12.5 Å². The van der Waals surface area contributed by atoms with Gasteiger partial charge in [-0.15, -0.1) is 0 Å². The zero-order valence-electron chi connectivity index (χ0n) is 8.57. The van der Waals surface area contributed by atoms with Gasteiger partial charge >= 0.3 is 5.69 Å². The van der Waals surface area contributed by atoms with Gasteiger partial charge in [0.25, 0.3) is 0 Å². The van der Waals surface area contributed by atoms with Crippen LogP contribution in [0.4, 0.5) is 5.82 Å². The van der Waals surface area contributed by atoms with E-state index in [9.17, 15) is 15.0 Å². The van der Waals surface area contributed by atoms with Crippen LogP contribution in [0.15, 0.2) is 17.1 Å². The molecule has 0 amide bonds. The van der Waals surface area contributed by atoms with Gasteiger partial charge in [0.05, 0.1) is 0 Å². The van der Waals surface area contributed by atoms with Gasteiger partial charge in [0, 0.05) is 6.20 Å². The summed E-state index contributed by atoms with van der Waals surface area (Å²) in [5, 5.41) is 30.3. The Morgan fingerprint density at radius 2 is 2.06 bits per heavy atom. The third kappa shape index (κ3) is 2.43. The number of aromatic nitrogens is 2. The zero-order chi connectivity index (χ0) is 12.4. The molecule has 0 saturated carbocycles. The summed E-state index contributed by atoms with van der Waals surface area (Å²) >= 11 is 0. The predicted molar refractivity (Wildman–Crippen MR) is 54.1 cm³/mol. The Morgan fingerprint density at radius 3 is 2.65 bits per heavy atom. The first-order valence-electron chi connectivity index (χ1n) is 4.85. The first-order chi connectivity index (χ1) is 8.11. The van der Waals surface area contributed by atoms with E-state index in [1.54, 1.807) is 5.48 Å². The molecule has 1 aliphatic rings. The maximum absolute atomic E-state index is 10.9. The van der Waals surface area contributed by atoms with Crippen molar-refractivity contribution in [2.75, 3.05) is 5.32 Å². The minimum absolute atomic E-state index is 0.184. The third-order valence-corrected chi connectivity index (χ3v) is 2.35. The highest BCUT2D eigenvalue weighted by Crippen LogP contribution is 2.20. The summed E-state index contributed by atoms with van der Waals surface area (Å²) in [5.41, 5.74) is 1.16. The van der Waals surface area contributed by atoms with E-state index in [1.807, 2.05) is 0 Å². The van der Waals surface area contributed by atoms with Crippen LogP contribution in [-0.4, -0.2) is 50.1 Å². The van der Waals surface area contributed by atoms with Gasteiger partial charge in [0.2, 0.25) is 0 Å². The maximum Gasteiger partial charge on any atom is 0.346 e. The van der Waals surface area contributed by atoms with Crippen LogP contribution in [-0.2, 0) is 4.74 Å². The average molecular weight is 244 g/mol. The predicted octanol–water partition coefficient (Wildman–Crippen LogP) is -2.44. The van der Waals surface area contributed by atoms with E-state index in [0.29, 0.717) is 0 Å². The molecule has 2 rings (SSSR count). The summed E-state index contributed by atoms with van der Waals surface area (Å²) in [5.74, 6) is 0.184. The molecule has 0 aromatic carbocycles. The molecular formula is C8H12N4O5. The van der Waals surface area contributed by atoms with Crippen molar-refractivity contribution >= 4 is 5.82 Å². The quantitative estimate of drug-likeness (QED) is 0.322. The van der Waals surface area contributed by atoms with Crippen LogP contribution in [0.1, 0.15) is 0 Å². The molecule has 0 aliphatic carbocycles. The highest BCUT2D eigenvalue weighted by molar-refractivity contribution is 5.33. The molecule has 1 aromatic heterocycles. The fourth-order valence-corrected chi connectivity index (χ4v) is 1.50. The Balaban J connectivity index is 2.07. The number of aliphatic hydroxyl groups excluding tert-OH is 2. The van der Waals surface area contributed by atoms with Gasteiger partial charge in [-0.3, -0.25) is 0 Å².